The van der Waals surface area contributed by atoms with E-state index in [-0.39, 0.29) is 24.3 Å². The molecule has 1 unspecified atom stereocenters. The number of piperidine rings is 1. The molecule has 124 valence electrons. The van der Waals surface area contributed by atoms with Crippen LogP contribution in [0.5, 0.6) is 5.88 Å². The molecule has 2 aliphatic rings. The zero-order valence-electron chi connectivity index (χ0n) is 13.5. The number of carbonyl (C=O) groups excluding carboxylic acids is 2. The van der Waals surface area contributed by atoms with E-state index in [4.69, 9.17) is 4.74 Å². The summed E-state index contributed by atoms with van der Waals surface area (Å²) in [5.41, 5.74) is 0.658. The number of nitrogens with zero attached hydrogens (tertiary/aromatic N) is 2. The number of likely N-dealkylation sites (tertiary alicyclic amines) is 1. The number of ether oxygens (including phenoxy) is 1. The van der Waals surface area contributed by atoms with Crippen LogP contribution in [-0.2, 0) is 9.59 Å². The van der Waals surface area contributed by atoms with E-state index in [0.29, 0.717) is 17.5 Å². The number of rotatable bonds is 5. The molecule has 6 heteroatoms. The Morgan fingerprint density at radius 1 is 1.35 bits per heavy atom. The SMILES string of the molecule is CC1CCCN(C(=O)COc2ccc(NC(=O)C3CC3)cn2)C1. The third-order valence-electron chi connectivity index (χ3n) is 4.31. The maximum atomic E-state index is 12.1. The van der Waals surface area contributed by atoms with Crippen molar-refractivity contribution in [3.63, 3.8) is 0 Å². The van der Waals surface area contributed by atoms with Gasteiger partial charge in [0.05, 0.1) is 11.9 Å². The van der Waals surface area contributed by atoms with Crippen molar-refractivity contribution >= 4 is 17.5 Å². The monoisotopic (exact) mass is 317 g/mol. The van der Waals surface area contributed by atoms with Crippen LogP contribution in [0.15, 0.2) is 18.3 Å². The number of hydrogen-bond acceptors (Lipinski definition) is 4. The molecule has 1 aromatic heterocycles. The second-order valence-corrected chi connectivity index (χ2v) is 6.52. The Bertz CT molecular complexity index is 569. The molecule has 2 fully saturated rings. The smallest absolute Gasteiger partial charge is 0.260 e. The van der Waals surface area contributed by atoms with Crippen molar-refractivity contribution in [1.29, 1.82) is 0 Å². The summed E-state index contributed by atoms with van der Waals surface area (Å²) >= 11 is 0. The molecule has 1 saturated heterocycles. The van der Waals surface area contributed by atoms with Gasteiger partial charge in [0, 0.05) is 25.1 Å². The van der Waals surface area contributed by atoms with E-state index in [2.05, 4.69) is 17.2 Å². The highest BCUT2D eigenvalue weighted by Crippen LogP contribution is 2.30. The van der Waals surface area contributed by atoms with Gasteiger partial charge in [-0.25, -0.2) is 4.98 Å². The maximum Gasteiger partial charge on any atom is 0.260 e. The summed E-state index contributed by atoms with van der Waals surface area (Å²) < 4.78 is 5.46. The zero-order chi connectivity index (χ0) is 16.2. The molecule has 1 N–H and O–H groups in total. The molecule has 1 aliphatic heterocycles. The lowest BCUT2D eigenvalue weighted by Gasteiger charge is -2.30. The Labute approximate surface area is 136 Å². The van der Waals surface area contributed by atoms with Gasteiger partial charge in [-0.15, -0.1) is 0 Å². The van der Waals surface area contributed by atoms with Crippen molar-refractivity contribution in [3.8, 4) is 5.88 Å². The number of carbonyl (C=O) groups is 2. The number of anilines is 1. The highest BCUT2D eigenvalue weighted by molar-refractivity contribution is 5.93. The van der Waals surface area contributed by atoms with Gasteiger partial charge in [0.2, 0.25) is 11.8 Å². The van der Waals surface area contributed by atoms with Crippen LogP contribution in [0, 0.1) is 11.8 Å². The van der Waals surface area contributed by atoms with Crippen LogP contribution >= 0.6 is 0 Å². The van der Waals surface area contributed by atoms with E-state index in [1.54, 1.807) is 18.3 Å². The molecule has 2 amide bonds. The van der Waals surface area contributed by atoms with Gasteiger partial charge in [-0.3, -0.25) is 9.59 Å². The van der Waals surface area contributed by atoms with Gasteiger partial charge >= 0.3 is 0 Å². The van der Waals surface area contributed by atoms with Crippen LogP contribution in [0.25, 0.3) is 0 Å². The molecule has 0 aromatic carbocycles. The first-order valence-corrected chi connectivity index (χ1v) is 8.29. The van der Waals surface area contributed by atoms with Crippen molar-refractivity contribution in [3.05, 3.63) is 18.3 Å². The zero-order valence-corrected chi connectivity index (χ0v) is 13.5. The predicted octanol–water partition coefficient (Wildman–Crippen LogP) is 2.07. The third kappa shape index (κ3) is 4.43. The second kappa shape index (κ2) is 6.98. The predicted molar refractivity (Wildman–Crippen MR) is 86.1 cm³/mol. The van der Waals surface area contributed by atoms with Crippen LogP contribution in [0.2, 0.25) is 0 Å². The van der Waals surface area contributed by atoms with Crippen LogP contribution < -0.4 is 10.1 Å². The van der Waals surface area contributed by atoms with Gasteiger partial charge in [0.15, 0.2) is 6.61 Å². The average Bonchev–Trinajstić information content (AvgIpc) is 3.39. The number of hydrogen-bond donors (Lipinski definition) is 1. The molecule has 0 bridgehead atoms. The molecule has 1 aliphatic carbocycles. The lowest BCUT2D eigenvalue weighted by Crippen LogP contribution is -2.41. The van der Waals surface area contributed by atoms with Crippen molar-refractivity contribution in [2.45, 2.75) is 32.6 Å². The van der Waals surface area contributed by atoms with Crippen LogP contribution in [0.3, 0.4) is 0 Å². The third-order valence-corrected chi connectivity index (χ3v) is 4.31. The van der Waals surface area contributed by atoms with Gasteiger partial charge < -0.3 is 15.0 Å². The van der Waals surface area contributed by atoms with E-state index >= 15 is 0 Å². The molecule has 1 atom stereocenters. The summed E-state index contributed by atoms with van der Waals surface area (Å²) in [6.07, 6.45) is 5.74. The van der Waals surface area contributed by atoms with Crippen LogP contribution in [0.4, 0.5) is 5.69 Å². The van der Waals surface area contributed by atoms with Crippen molar-refractivity contribution in [2.75, 3.05) is 25.0 Å². The Hall–Kier alpha value is -2.11. The van der Waals surface area contributed by atoms with Crippen molar-refractivity contribution in [1.82, 2.24) is 9.88 Å². The Morgan fingerprint density at radius 2 is 2.17 bits per heavy atom. The van der Waals surface area contributed by atoms with E-state index in [1.165, 1.54) is 6.42 Å². The molecule has 0 spiro atoms. The number of amides is 2. The van der Waals surface area contributed by atoms with E-state index in [1.807, 2.05) is 4.90 Å². The first-order chi connectivity index (χ1) is 11.1. The van der Waals surface area contributed by atoms with Gasteiger partial charge in [0.1, 0.15) is 0 Å². The van der Waals surface area contributed by atoms with Gasteiger partial charge in [0.25, 0.3) is 5.91 Å². The summed E-state index contributed by atoms with van der Waals surface area (Å²) in [5, 5.41) is 2.82. The summed E-state index contributed by atoms with van der Waals surface area (Å²) in [6, 6.07) is 3.42. The molecular formula is C17H23N3O3. The summed E-state index contributed by atoms with van der Waals surface area (Å²) in [4.78, 5) is 29.8. The first-order valence-electron chi connectivity index (χ1n) is 8.29. The Balaban J connectivity index is 1.46. The number of aromatic nitrogens is 1. The van der Waals surface area contributed by atoms with Crippen LogP contribution in [-0.4, -0.2) is 41.4 Å². The molecular weight excluding hydrogens is 294 g/mol. The van der Waals surface area contributed by atoms with E-state index in [9.17, 15) is 9.59 Å². The van der Waals surface area contributed by atoms with E-state index < -0.39 is 0 Å². The molecule has 3 rings (SSSR count). The minimum atomic E-state index is 0.00413. The highest BCUT2D eigenvalue weighted by atomic mass is 16.5. The fourth-order valence-electron chi connectivity index (χ4n) is 2.77. The molecule has 0 radical (unpaired) electrons. The lowest BCUT2D eigenvalue weighted by atomic mass is 10.0. The van der Waals surface area contributed by atoms with Crippen LogP contribution in [0.1, 0.15) is 32.6 Å². The fraction of sp³-hybridized carbons (Fsp3) is 0.588. The van der Waals surface area contributed by atoms with Gasteiger partial charge in [-0.2, -0.15) is 0 Å². The largest absolute Gasteiger partial charge is 0.468 e. The second-order valence-electron chi connectivity index (χ2n) is 6.52. The molecule has 1 aromatic rings. The molecule has 6 nitrogen and oxygen atoms in total. The summed E-state index contributed by atoms with van der Waals surface area (Å²) in [6.45, 7) is 3.79. The summed E-state index contributed by atoms with van der Waals surface area (Å²) in [7, 11) is 0. The topological polar surface area (TPSA) is 71.5 Å². The van der Waals surface area contributed by atoms with Crippen molar-refractivity contribution in [2.24, 2.45) is 11.8 Å². The lowest BCUT2D eigenvalue weighted by molar-refractivity contribution is -0.135. The fourth-order valence-corrected chi connectivity index (χ4v) is 2.77. The minimum absolute atomic E-state index is 0.00413. The molecule has 23 heavy (non-hydrogen) atoms. The minimum Gasteiger partial charge on any atom is -0.468 e. The molecule has 2 heterocycles. The first kappa shape index (κ1) is 15.8. The summed E-state index contributed by atoms with van der Waals surface area (Å²) in [5.74, 6) is 1.17. The van der Waals surface area contributed by atoms with E-state index in [0.717, 1.165) is 32.4 Å². The van der Waals surface area contributed by atoms with Gasteiger partial charge in [-0.05, 0) is 37.7 Å². The Kier molecular flexibility index (Phi) is 4.79. The quantitative estimate of drug-likeness (QED) is 0.902. The normalized spacial score (nSPS) is 20.9. The average molecular weight is 317 g/mol. The maximum absolute atomic E-state index is 12.1. The van der Waals surface area contributed by atoms with Gasteiger partial charge in [-0.1, -0.05) is 6.92 Å². The number of nitrogens with one attached hydrogen (secondary N) is 1. The molecule has 1 saturated carbocycles. The number of pyridine rings is 1. The standard InChI is InChI=1S/C17H23N3O3/c1-12-3-2-8-20(10-12)16(21)11-23-15-7-6-14(9-18-15)19-17(22)13-4-5-13/h6-7,9,12-13H,2-5,8,10-11H2,1H3,(H,19,22). The Morgan fingerprint density at radius 3 is 2.83 bits per heavy atom. The van der Waals surface area contributed by atoms with Crippen molar-refractivity contribution < 1.29 is 14.3 Å². The highest BCUT2D eigenvalue weighted by Gasteiger charge is 2.29.